The largest absolute Gasteiger partial charge is 0.350 e. The molecule has 3 amide bonds. The number of fused-ring (bicyclic) bond motifs is 3. The van der Waals surface area contributed by atoms with E-state index in [1.54, 1.807) is 35.2 Å². The van der Waals surface area contributed by atoms with Crippen LogP contribution in [0.25, 0.3) is 0 Å². The minimum atomic E-state index is -1.41. The van der Waals surface area contributed by atoms with Crippen LogP contribution in [0.15, 0.2) is 48.5 Å². The lowest BCUT2D eigenvalue weighted by atomic mass is 9.96. The van der Waals surface area contributed by atoms with Crippen LogP contribution in [0.1, 0.15) is 29.8 Å². The third kappa shape index (κ3) is 2.54. The summed E-state index contributed by atoms with van der Waals surface area (Å²) in [7, 11) is 0. The van der Waals surface area contributed by atoms with Crippen LogP contribution in [-0.4, -0.2) is 42.3 Å². The fraction of sp³-hybridized carbons (Fsp3) is 0.286. The number of nitrogens with zero attached hydrogens (tertiary/aromatic N) is 2. The molecule has 0 saturated heterocycles. The molecule has 2 N–H and O–H groups in total. The van der Waals surface area contributed by atoms with Gasteiger partial charge in [-0.15, -0.1) is 0 Å². The molecular formula is C21H22N4O3. The van der Waals surface area contributed by atoms with Crippen molar-refractivity contribution in [3.8, 4) is 0 Å². The highest BCUT2D eigenvalue weighted by molar-refractivity contribution is 6.16. The Bertz CT molecular complexity index is 970. The molecule has 0 unspecified atom stereocenters. The zero-order valence-electron chi connectivity index (χ0n) is 15.9. The van der Waals surface area contributed by atoms with E-state index in [1.165, 1.54) is 4.90 Å². The molecule has 7 heteroatoms. The number of carbonyl (C=O) groups excluding carboxylic acids is 3. The summed E-state index contributed by atoms with van der Waals surface area (Å²) in [5.74, 6) is -0.820. The molecule has 2 aromatic carbocycles. The first-order valence-electron chi connectivity index (χ1n) is 9.40. The predicted molar refractivity (Wildman–Crippen MR) is 106 cm³/mol. The molecule has 0 aliphatic carbocycles. The molecule has 28 heavy (non-hydrogen) atoms. The second-order valence-corrected chi connectivity index (χ2v) is 6.85. The standard InChI is InChI=1S/C21H22N4O3/c1-3-24(4-2)18(26)13-25-17-12-8-6-10-15(17)21(20(25)28)22-16-11-7-5-9-14(16)19(27)23-21/h5-12,22H,3-4,13H2,1-2H3,(H,23,27)/t21-/m0/s1. The first kappa shape index (κ1) is 18.0. The number of benzene rings is 2. The zero-order chi connectivity index (χ0) is 19.9. The fourth-order valence-corrected chi connectivity index (χ4v) is 3.92. The zero-order valence-corrected chi connectivity index (χ0v) is 15.9. The van der Waals surface area contributed by atoms with E-state index < -0.39 is 5.66 Å². The van der Waals surface area contributed by atoms with Gasteiger partial charge < -0.3 is 15.5 Å². The maximum atomic E-state index is 13.5. The number of anilines is 2. The van der Waals surface area contributed by atoms with Crippen LogP contribution in [0.4, 0.5) is 11.4 Å². The Morgan fingerprint density at radius 3 is 2.43 bits per heavy atom. The number of likely N-dealkylation sites (N-methyl/N-ethyl adjacent to an activating group) is 1. The summed E-state index contributed by atoms with van der Waals surface area (Å²) in [5, 5.41) is 6.07. The van der Waals surface area contributed by atoms with Crippen LogP contribution < -0.4 is 15.5 Å². The van der Waals surface area contributed by atoms with Crippen LogP contribution in [0.3, 0.4) is 0 Å². The first-order valence-corrected chi connectivity index (χ1v) is 9.40. The predicted octanol–water partition coefficient (Wildman–Crippen LogP) is 1.91. The van der Waals surface area contributed by atoms with Crippen molar-refractivity contribution in [1.29, 1.82) is 0 Å². The molecule has 4 rings (SSSR count). The second-order valence-electron chi connectivity index (χ2n) is 6.85. The third-order valence-electron chi connectivity index (χ3n) is 5.37. The number of hydrogen-bond donors (Lipinski definition) is 2. The van der Waals surface area contributed by atoms with Crippen molar-refractivity contribution < 1.29 is 14.4 Å². The smallest absolute Gasteiger partial charge is 0.279 e. The molecule has 0 aromatic heterocycles. The van der Waals surface area contributed by atoms with E-state index in [-0.39, 0.29) is 24.3 Å². The Morgan fingerprint density at radius 2 is 1.68 bits per heavy atom. The number of amides is 3. The number of nitrogens with one attached hydrogen (secondary N) is 2. The molecule has 2 heterocycles. The lowest BCUT2D eigenvalue weighted by molar-refractivity contribution is -0.131. The van der Waals surface area contributed by atoms with Gasteiger partial charge in [0.2, 0.25) is 11.6 Å². The van der Waals surface area contributed by atoms with Gasteiger partial charge in [-0.1, -0.05) is 30.3 Å². The van der Waals surface area contributed by atoms with Gasteiger partial charge in [-0.2, -0.15) is 0 Å². The van der Waals surface area contributed by atoms with Crippen molar-refractivity contribution in [1.82, 2.24) is 10.2 Å². The molecule has 2 aromatic rings. The van der Waals surface area contributed by atoms with Gasteiger partial charge in [-0.3, -0.25) is 19.3 Å². The lowest BCUT2D eigenvalue weighted by Gasteiger charge is -2.36. The molecule has 1 spiro atoms. The third-order valence-corrected chi connectivity index (χ3v) is 5.37. The average molecular weight is 378 g/mol. The van der Waals surface area contributed by atoms with E-state index in [4.69, 9.17) is 0 Å². The molecule has 0 radical (unpaired) electrons. The summed E-state index contributed by atoms with van der Waals surface area (Å²) >= 11 is 0. The van der Waals surface area contributed by atoms with E-state index in [0.29, 0.717) is 35.6 Å². The van der Waals surface area contributed by atoms with Gasteiger partial charge in [0.05, 0.1) is 11.3 Å². The van der Waals surface area contributed by atoms with Gasteiger partial charge in [0, 0.05) is 24.3 Å². The van der Waals surface area contributed by atoms with Gasteiger partial charge in [-0.25, -0.2) is 0 Å². The summed E-state index contributed by atoms with van der Waals surface area (Å²) in [6, 6.07) is 14.3. The first-order chi connectivity index (χ1) is 13.5. The normalized spacial score (nSPS) is 19.7. The van der Waals surface area contributed by atoms with Gasteiger partial charge in [0.1, 0.15) is 6.54 Å². The summed E-state index contributed by atoms with van der Waals surface area (Å²) in [6.07, 6.45) is 0. The maximum absolute atomic E-state index is 13.5. The summed E-state index contributed by atoms with van der Waals surface area (Å²) in [4.78, 5) is 42.1. The summed E-state index contributed by atoms with van der Waals surface area (Å²) in [6.45, 7) is 4.89. The molecule has 1 atom stereocenters. The van der Waals surface area contributed by atoms with Crippen LogP contribution in [0.2, 0.25) is 0 Å². The lowest BCUT2D eigenvalue weighted by Crippen LogP contribution is -2.61. The number of rotatable bonds is 4. The van der Waals surface area contributed by atoms with Crippen LogP contribution in [0.5, 0.6) is 0 Å². The van der Waals surface area contributed by atoms with Gasteiger partial charge >= 0.3 is 0 Å². The van der Waals surface area contributed by atoms with E-state index in [9.17, 15) is 14.4 Å². The Hall–Kier alpha value is -3.35. The maximum Gasteiger partial charge on any atom is 0.279 e. The molecule has 2 aliphatic rings. The molecular weight excluding hydrogens is 356 g/mol. The topological polar surface area (TPSA) is 81.8 Å². The minimum absolute atomic E-state index is 0.0710. The summed E-state index contributed by atoms with van der Waals surface area (Å²) < 4.78 is 0. The summed E-state index contributed by atoms with van der Waals surface area (Å²) in [5.41, 5.74) is 0.920. The van der Waals surface area contributed by atoms with Crippen LogP contribution >= 0.6 is 0 Å². The highest BCUT2D eigenvalue weighted by Crippen LogP contribution is 2.43. The van der Waals surface area contributed by atoms with Gasteiger partial charge in [-0.05, 0) is 32.0 Å². The van der Waals surface area contributed by atoms with Crippen LogP contribution in [0, 0.1) is 0 Å². The number of hydrogen-bond acceptors (Lipinski definition) is 4. The van der Waals surface area contributed by atoms with E-state index in [0.717, 1.165) is 0 Å². The van der Waals surface area contributed by atoms with Gasteiger partial charge in [0.15, 0.2) is 0 Å². The molecule has 7 nitrogen and oxygen atoms in total. The highest BCUT2D eigenvalue weighted by Gasteiger charge is 2.54. The molecule has 144 valence electrons. The average Bonchev–Trinajstić information content (AvgIpc) is 2.92. The van der Waals surface area contributed by atoms with Crippen molar-refractivity contribution in [2.75, 3.05) is 29.9 Å². The highest BCUT2D eigenvalue weighted by atomic mass is 16.2. The van der Waals surface area contributed by atoms with Crippen molar-refractivity contribution in [3.05, 3.63) is 59.7 Å². The van der Waals surface area contributed by atoms with Crippen molar-refractivity contribution in [3.63, 3.8) is 0 Å². The van der Waals surface area contributed by atoms with Crippen molar-refractivity contribution in [2.45, 2.75) is 19.5 Å². The molecule has 2 aliphatic heterocycles. The Labute approximate surface area is 163 Å². The molecule has 0 saturated carbocycles. The molecule has 0 bridgehead atoms. The quantitative estimate of drug-likeness (QED) is 0.852. The Kier molecular flexibility index (Phi) is 4.30. The number of carbonyl (C=O) groups is 3. The van der Waals surface area contributed by atoms with E-state index in [1.807, 2.05) is 32.0 Å². The van der Waals surface area contributed by atoms with E-state index in [2.05, 4.69) is 10.6 Å². The monoisotopic (exact) mass is 378 g/mol. The van der Waals surface area contributed by atoms with Crippen molar-refractivity contribution >= 4 is 29.1 Å². The second kappa shape index (κ2) is 6.67. The number of para-hydroxylation sites is 2. The Morgan fingerprint density at radius 1 is 1.00 bits per heavy atom. The Balaban J connectivity index is 1.76. The fourth-order valence-electron chi connectivity index (χ4n) is 3.92. The minimum Gasteiger partial charge on any atom is -0.350 e. The van der Waals surface area contributed by atoms with E-state index >= 15 is 0 Å². The molecule has 0 fully saturated rings. The van der Waals surface area contributed by atoms with Crippen molar-refractivity contribution in [2.24, 2.45) is 0 Å². The SMILES string of the molecule is CCN(CC)C(=O)CN1C(=O)[C@@]2(NC(=O)c3ccccc3N2)c2ccccc21. The van der Waals surface area contributed by atoms with Crippen LogP contribution in [-0.2, 0) is 15.3 Å². The van der Waals surface area contributed by atoms with Gasteiger partial charge in [0.25, 0.3) is 11.8 Å².